The highest BCUT2D eigenvalue weighted by molar-refractivity contribution is 5.95. The topological polar surface area (TPSA) is 77.0 Å². The van der Waals surface area contributed by atoms with Crippen LogP contribution in [0.25, 0.3) is 0 Å². The number of benzene rings is 1. The third-order valence-electron chi connectivity index (χ3n) is 3.91. The SMILES string of the molecule is NCCC1CN(C(=O)CCn2cncn2)c2ccccc21. The second kappa shape index (κ2) is 6.05. The van der Waals surface area contributed by atoms with Crippen LogP contribution < -0.4 is 10.6 Å². The summed E-state index contributed by atoms with van der Waals surface area (Å²) in [6.07, 6.45) is 4.44. The lowest BCUT2D eigenvalue weighted by Gasteiger charge is -2.17. The Morgan fingerprint density at radius 1 is 1.38 bits per heavy atom. The van der Waals surface area contributed by atoms with Gasteiger partial charge in [-0.25, -0.2) is 4.98 Å². The van der Waals surface area contributed by atoms with Crippen LogP contribution in [0.3, 0.4) is 0 Å². The Hall–Kier alpha value is -2.21. The molecular formula is C15H19N5O. The van der Waals surface area contributed by atoms with Gasteiger partial charge in [0.2, 0.25) is 5.91 Å². The van der Waals surface area contributed by atoms with Gasteiger partial charge in [-0.15, -0.1) is 0 Å². The first-order chi connectivity index (χ1) is 10.3. The van der Waals surface area contributed by atoms with Crippen molar-refractivity contribution >= 4 is 11.6 Å². The minimum absolute atomic E-state index is 0.123. The molecule has 1 aliphatic rings. The lowest BCUT2D eigenvalue weighted by Crippen LogP contribution is -2.30. The molecule has 0 bridgehead atoms. The molecule has 0 saturated heterocycles. The maximum absolute atomic E-state index is 12.5. The molecule has 110 valence electrons. The first-order valence-electron chi connectivity index (χ1n) is 7.21. The molecule has 1 amide bonds. The monoisotopic (exact) mass is 285 g/mol. The molecule has 2 aromatic rings. The third kappa shape index (κ3) is 2.80. The highest BCUT2D eigenvalue weighted by Crippen LogP contribution is 2.37. The number of aryl methyl sites for hydroxylation is 1. The summed E-state index contributed by atoms with van der Waals surface area (Å²) < 4.78 is 1.68. The van der Waals surface area contributed by atoms with E-state index in [2.05, 4.69) is 16.1 Å². The van der Waals surface area contributed by atoms with Crippen LogP contribution in [-0.2, 0) is 11.3 Å². The van der Waals surface area contributed by atoms with E-state index in [0.717, 1.165) is 18.7 Å². The summed E-state index contributed by atoms with van der Waals surface area (Å²) in [4.78, 5) is 18.3. The molecule has 0 aliphatic carbocycles. The molecule has 21 heavy (non-hydrogen) atoms. The number of nitrogens with two attached hydrogens (primary N) is 1. The largest absolute Gasteiger partial charge is 0.330 e. The van der Waals surface area contributed by atoms with E-state index in [4.69, 9.17) is 5.73 Å². The van der Waals surface area contributed by atoms with Crippen LogP contribution in [0.15, 0.2) is 36.9 Å². The maximum Gasteiger partial charge on any atom is 0.228 e. The molecule has 0 fully saturated rings. The maximum atomic E-state index is 12.5. The van der Waals surface area contributed by atoms with Crippen molar-refractivity contribution < 1.29 is 4.79 Å². The summed E-state index contributed by atoms with van der Waals surface area (Å²) in [5.41, 5.74) is 7.95. The minimum atomic E-state index is 0.123. The standard InChI is InChI=1S/C15H19N5O/c16-7-5-12-9-20(14-4-2-1-3-13(12)14)15(21)6-8-19-11-17-10-18-19/h1-4,10-12H,5-9,16H2. The number of carbonyl (C=O) groups is 1. The Labute approximate surface area is 123 Å². The average Bonchev–Trinajstić information content (AvgIpc) is 3.14. The molecule has 6 heteroatoms. The highest BCUT2D eigenvalue weighted by atomic mass is 16.2. The van der Waals surface area contributed by atoms with E-state index < -0.39 is 0 Å². The molecule has 1 aliphatic heterocycles. The van der Waals surface area contributed by atoms with E-state index >= 15 is 0 Å². The summed E-state index contributed by atoms with van der Waals surface area (Å²) in [7, 11) is 0. The van der Waals surface area contributed by atoms with Gasteiger partial charge in [0.05, 0.1) is 6.54 Å². The van der Waals surface area contributed by atoms with E-state index in [-0.39, 0.29) is 5.91 Å². The Bertz CT molecular complexity index is 610. The Morgan fingerprint density at radius 3 is 3.00 bits per heavy atom. The predicted octanol–water partition coefficient (Wildman–Crippen LogP) is 1.15. The first-order valence-corrected chi connectivity index (χ1v) is 7.21. The molecule has 2 N–H and O–H groups in total. The zero-order valence-corrected chi connectivity index (χ0v) is 11.9. The number of carbonyl (C=O) groups excluding carboxylic acids is 1. The lowest BCUT2D eigenvalue weighted by atomic mass is 9.98. The third-order valence-corrected chi connectivity index (χ3v) is 3.91. The summed E-state index contributed by atoms with van der Waals surface area (Å²) >= 11 is 0. The molecule has 6 nitrogen and oxygen atoms in total. The number of aromatic nitrogens is 3. The molecule has 1 unspecified atom stereocenters. The van der Waals surface area contributed by atoms with Gasteiger partial charge in [0.15, 0.2) is 0 Å². The van der Waals surface area contributed by atoms with Crippen LogP contribution >= 0.6 is 0 Å². The number of anilines is 1. The van der Waals surface area contributed by atoms with Gasteiger partial charge in [0.1, 0.15) is 12.7 Å². The second-order valence-electron chi connectivity index (χ2n) is 5.25. The van der Waals surface area contributed by atoms with Crippen molar-refractivity contribution in [3.63, 3.8) is 0 Å². The molecular weight excluding hydrogens is 266 g/mol. The summed E-state index contributed by atoms with van der Waals surface area (Å²) in [6, 6.07) is 8.10. The normalized spacial score (nSPS) is 17.0. The van der Waals surface area contributed by atoms with Gasteiger partial charge >= 0.3 is 0 Å². The van der Waals surface area contributed by atoms with E-state index in [1.807, 2.05) is 23.1 Å². The second-order valence-corrected chi connectivity index (χ2v) is 5.25. The minimum Gasteiger partial charge on any atom is -0.330 e. The fourth-order valence-electron chi connectivity index (χ4n) is 2.87. The summed E-state index contributed by atoms with van der Waals surface area (Å²) in [5.74, 6) is 0.471. The van der Waals surface area contributed by atoms with Crippen LogP contribution in [0.4, 0.5) is 5.69 Å². The molecule has 1 aromatic heterocycles. The molecule has 0 spiro atoms. The smallest absolute Gasteiger partial charge is 0.228 e. The van der Waals surface area contributed by atoms with Gasteiger partial charge in [-0.05, 0) is 24.6 Å². The Morgan fingerprint density at radius 2 is 2.24 bits per heavy atom. The molecule has 1 atom stereocenters. The van der Waals surface area contributed by atoms with Gasteiger partial charge in [-0.3, -0.25) is 9.48 Å². The van der Waals surface area contributed by atoms with Crippen molar-refractivity contribution in [1.29, 1.82) is 0 Å². The molecule has 0 saturated carbocycles. The van der Waals surface area contributed by atoms with Crippen LogP contribution in [0, 0.1) is 0 Å². The zero-order chi connectivity index (χ0) is 14.7. The number of rotatable bonds is 5. The van der Waals surface area contributed by atoms with Crippen molar-refractivity contribution in [3.05, 3.63) is 42.5 Å². The average molecular weight is 285 g/mol. The zero-order valence-electron chi connectivity index (χ0n) is 11.9. The van der Waals surface area contributed by atoms with Gasteiger partial charge in [0, 0.05) is 24.6 Å². The Kier molecular flexibility index (Phi) is 3.96. The van der Waals surface area contributed by atoms with Crippen molar-refractivity contribution in [1.82, 2.24) is 14.8 Å². The van der Waals surface area contributed by atoms with E-state index in [1.54, 1.807) is 11.0 Å². The molecule has 1 aromatic carbocycles. The fraction of sp³-hybridized carbons (Fsp3) is 0.400. The quantitative estimate of drug-likeness (QED) is 0.894. The number of amides is 1. The number of para-hydroxylation sites is 1. The van der Waals surface area contributed by atoms with Crippen LogP contribution in [-0.4, -0.2) is 33.8 Å². The number of nitrogens with zero attached hydrogens (tertiary/aromatic N) is 4. The number of hydrogen-bond acceptors (Lipinski definition) is 4. The summed E-state index contributed by atoms with van der Waals surface area (Å²) in [5, 5.41) is 4.02. The molecule has 3 rings (SSSR count). The summed E-state index contributed by atoms with van der Waals surface area (Å²) in [6.45, 7) is 1.92. The molecule has 2 heterocycles. The first kappa shape index (κ1) is 13.8. The number of hydrogen-bond donors (Lipinski definition) is 1. The van der Waals surface area contributed by atoms with E-state index in [0.29, 0.717) is 25.4 Å². The van der Waals surface area contributed by atoms with E-state index in [1.165, 1.54) is 11.9 Å². The fourth-order valence-corrected chi connectivity index (χ4v) is 2.87. The van der Waals surface area contributed by atoms with Gasteiger partial charge in [0.25, 0.3) is 0 Å². The number of fused-ring (bicyclic) bond motifs is 1. The lowest BCUT2D eigenvalue weighted by molar-refractivity contribution is -0.118. The van der Waals surface area contributed by atoms with Gasteiger partial charge in [-0.2, -0.15) is 5.10 Å². The van der Waals surface area contributed by atoms with Crippen molar-refractivity contribution in [2.75, 3.05) is 18.0 Å². The predicted molar refractivity (Wildman–Crippen MR) is 79.8 cm³/mol. The highest BCUT2D eigenvalue weighted by Gasteiger charge is 2.31. The van der Waals surface area contributed by atoms with Crippen molar-refractivity contribution in [2.24, 2.45) is 5.73 Å². The van der Waals surface area contributed by atoms with Gasteiger partial charge in [-0.1, -0.05) is 18.2 Å². The van der Waals surface area contributed by atoms with Crippen LogP contribution in [0.1, 0.15) is 24.3 Å². The Balaban J connectivity index is 1.72. The van der Waals surface area contributed by atoms with Gasteiger partial charge < -0.3 is 10.6 Å². The van der Waals surface area contributed by atoms with Crippen LogP contribution in [0.5, 0.6) is 0 Å². The van der Waals surface area contributed by atoms with Crippen molar-refractivity contribution in [2.45, 2.75) is 25.3 Å². The van der Waals surface area contributed by atoms with Crippen molar-refractivity contribution in [3.8, 4) is 0 Å². The van der Waals surface area contributed by atoms with Crippen LogP contribution in [0.2, 0.25) is 0 Å². The molecule has 0 radical (unpaired) electrons. The van der Waals surface area contributed by atoms with E-state index in [9.17, 15) is 4.79 Å².